The average molecular weight is 444 g/mol. The highest BCUT2D eigenvalue weighted by Gasteiger charge is 2.14. The summed E-state index contributed by atoms with van der Waals surface area (Å²) in [4.78, 5) is 12.4. The van der Waals surface area contributed by atoms with Gasteiger partial charge in [-0.2, -0.15) is 5.10 Å². The third-order valence-corrected chi connectivity index (χ3v) is 4.76. The first-order valence-corrected chi connectivity index (χ1v) is 9.87. The summed E-state index contributed by atoms with van der Waals surface area (Å²) < 4.78 is 16.1. The molecule has 0 unspecified atom stereocenters. The van der Waals surface area contributed by atoms with E-state index in [-0.39, 0.29) is 5.75 Å². The number of phenols is 1. The van der Waals surface area contributed by atoms with Gasteiger partial charge in [0.05, 0.1) is 26.0 Å². The van der Waals surface area contributed by atoms with E-state index in [0.717, 1.165) is 0 Å². The van der Waals surface area contributed by atoms with Crippen LogP contribution in [-0.4, -0.2) is 41.6 Å². The lowest BCUT2D eigenvalue weighted by molar-refractivity contribution is 0.0955. The van der Waals surface area contributed by atoms with Crippen LogP contribution >= 0.6 is 0 Å². The van der Waals surface area contributed by atoms with Gasteiger partial charge in [-0.1, -0.05) is 12.1 Å². The first-order valence-electron chi connectivity index (χ1n) is 9.87. The standard InChI is InChI=1S/C24H20N4O5/c1-31-18-12-11-17(20(29)13-18)14-25-26-22(30)15-7-9-16(10-8-15)23-27-28-24(33-23)19-5-3-4-6-21(19)32-2/h3-14,29H,1-2H3,(H,26,30)/b25-14+. The van der Waals surface area contributed by atoms with Gasteiger partial charge in [-0.15, -0.1) is 10.2 Å². The molecule has 2 N–H and O–H groups in total. The Morgan fingerprint density at radius 1 is 1.00 bits per heavy atom. The minimum absolute atomic E-state index is 0.0104. The van der Waals surface area contributed by atoms with Gasteiger partial charge in [0.1, 0.15) is 17.2 Å². The largest absolute Gasteiger partial charge is 0.507 e. The molecule has 4 rings (SSSR count). The van der Waals surface area contributed by atoms with Gasteiger partial charge in [0.2, 0.25) is 5.89 Å². The monoisotopic (exact) mass is 444 g/mol. The number of nitrogens with one attached hydrogen (secondary N) is 1. The Balaban J connectivity index is 1.43. The smallest absolute Gasteiger partial charge is 0.271 e. The number of aromatic nitrogens is 2. The van der Waals surface area contributed by atoms with Crippen molar-refractivity contribution in [1.29, 1.82) is 0 Å². The van der Waals surface area contributed by atoms with Crippen LogP contribution in [0.1, 0.15) is 15.9 Å². The van der Waals surface area contributed by atoms with Crippen LogP contribution in [0.4, 0.5) is 0 Å². The molecule has 0 atom stereocenters. The Morgan fingerprint density at radius 3 is 2.48 bits per heavy atom. The van der Waals surface area contributed by atoms with Gasteiger partial charge in [-0.05, 0) is 48.5 Å². The van der Waals surface area contributed by atoms with Gasteiger partial charge in [0.25, 0.3) is 11.8 Å². The number of hydrogen-bond acceptors (Lipinski definition) is 8. The molecule has 9 heteroatoms. The zero-order valence-electron chi connectivity index (χ0n) is 17.9. The van der Waals surface area contributed by atoms with Crippen molar-refractivity contribution in [3.63, 3.8) is 0 Å². The number of amides is 1. The van der Waals surface area contributed by atoms with E-state index < -0.39 is 5.91 Å². The molecule has 0 bridgehead atoms. The van der Waals surface area contributed by atoms with Crippen LogP contribution in [-0.2, 0) is 0 Å². The molecule has 1 heterocycles. The second-order valence-electron chi connectivity index (χ2n) is 6.81. The highest BCUT2D eigenvalue weighted by atomic mass is 16.5. The van der Waals surface area contributed by atoms with Crippen molar-refractivity contribution in [3.8, 4) is 40.2 Å². The quantitative estimate of drug-likeness (QED) is 0.328. The van der Waals surface area contributed by atoms with Crippen molar-refractivity contribution < 1.29 is 23.8 Å². The molecule has 3 aromatic carbocycles. The summed E-state index contributed by atoms with van der Waals surface area (Å²) in [5.41, 5.74) is 4.60. The van der Waals surface area contributed by atoms with E-state index in [1.807, 2.05) is 24.3 Å². The Morgan fingerprint density at radius 2 is 1.76 bits per heavy atom. The SMILES string of the molecule is COc1ccc(/C=N/NC(=O)c2ccc(-c3nnc(-c4ccccc4OC)o3)cc2)c(O)c1. The fraction of sp³-hybridized carbons (Fsp3) is 0.0833. The molecule has 1 amide bonds. The van der Waals surface area contributed by atoms with Crippen LogP contribution in [0.5, 0.6) is 17.2 Å². The Kier molecular flexibility index (Phi) is 6.31. The van der Waals surface area contributed by atoms with Crippen LogP contribution in [0.3, 0.4) is 0 Å². The minimum atomic E-state index is -0.411. The number of hydrogen-bond donors (Lipinski definition) is 2. The molecule has 9 nitrogen and oxygen atoms in total. The molecule has 0 aliphatic rings. The summed E-state index contributed by atoms with van der Waals surface area (Å²) >= 11 is 0. The molecule has 0 radical (unpaired) electrons. The van der Waals surface area contributed by atoms with Crippen molar-refractivity contribution in [2.75, 3.05) is 14.2 Å². The number of benzene rings is 3. The van der Waals surface area contributed by atoms with Crippen molar-refractivity contribution in [2.24, 2.45) is 5.10 Å². The van der Waals surface area contributed by atoms with Gasteiger partial charge >= 0.3 is 0 Å². The van der Waals surface area contributed by atoms with Gasteiger partial charge in [-0.3, -0.25) is 4.79 Å². The third kappa shape index (κ3) is 4.82. The molecule has 0 saturated carbocycles. The van der Waals surface area contributed by atoms with Crippen LogP contribution < -0.4 is 14.9 Å². The maximum Gasteiger partial charge on any atom is 0.271 e. The normalized spacial score (nSPS) is 10.8. The van der Waals surface area contributed by atoms with Crippen molar-refractivity contribution in [2.45, 2.75) is 0 Å². The lowest BCUT2D eigenvalue weighted by atomic mass is 10.1. The maximum atomic E-state index is 12.4. The Bertz CT molecular complexity index is 1300. The number of para-hydroxylation sites is 1. The van der Waals surface area contributed by atoms with E-state index in [1.165, 1.54) is 19.4 Å². The summed E-state index contributed by atoms with van der Waals surface area (Å²) in [5.74, 6) is 1.37. The maximum absolute atomic E-state index is 12.4. The van der Waals surface area contributed by atoms with Gasteiger partial charge < -0.3 is 19.0 Å². The van der Waals surface area contributed by atoms with Crippen molar-refractivity contribution in [3.05, 3.63) is 77.9 Å². The molecule has 1 aromatic heterocycles. The van der Waals surface area contributed by atoms with E-state index in [4.69, 9.17) is 13.9 Å². The van der Waals surface area contributed by atoms with E-state index in [2.05, 4.69) is 20.7 Å². The molecule has 4 aromatic rings. The topological polar surface area (TPSA) is 119 Å². The van der Waals surface area contributed by atoms with E-state index in [0.29, 0.717) is 45.5 Å². The summed E-state index contributed by atoms with van der Waals surface area (Å²) in [6, 6.07) is 18.8. The predicted octanol–water partition coefficient (Wildman–Crippen LogP) is 3.89. The third-order valence-electron chi connectivity index (χ3n) is 4.76. The first kappa shape index (κ1) is 21.6. The fourth-order valence-corrected chi connectivity index (χ4v) is 3.02. The lowest BCUT2D eigenvalue weighted by Crippen LogP contribution is -2.17. The van der Waals surface area contributed by atoms with Crippen molar-refractivity contribution in [1.82, 2.24) is 15.6 Å². The fourth-order valence-electron chi connectivity index (χ4n) is 3.02. The highest BCUT2D eigenvalue weighted by molar-refractivity contribution is 5.95. The number of rotatable bonds is 7. The van der Waals surface area contributed by atoms with Crippen molar-refractivity contribution >= 4 is 12.1 Å². The van der Waals surface area contributed by atoms with Crippen LogP contribution in [0.2, 0.25) is 0 Å². The second-order valence-corrected chi connectivity index (χ2v) is 6.81. The second kappa shape index (κ2) is 9.65. The predicted molar refractivity (Wildman–Crippen MR) is 121 cm³/mol. The van der Waals surface area contributed by atoms with Crippen LogP contribution in [0.15, 0.2) is 76.2 Å². The summed E-state index contributed by atoms with van der Waals surface area (Å²) in [5, 5.41) is 22.0. The number of ether oxygens (including phenoxy) is 2. The molecule has 0 saturated heterocycles. The molecular weight excluding hydrogens is 424 g/mol. The van der Waals surface area contributed by atoms with E-state index in [9.17, 15) is 9.90 Å². The molecular formula is C24H20N4O5. The zero-order valence-corrected chi connectivity index (χ0v) is 17.9. The minimum Gasteiger partial charge on any atom is -0.507 e. The van der Waals surface area contributed by atoms with Crippen LogP contribution in [0.25, 0.3) is 22.9 Å². The number of aromatic hydroxyl groups is 1. The average Bonchev–Trinajstić information content (AvgIpc) is 3.35. The molecule has 0 aliphatic carbocycles. The van der Waals surface area contributed by atoms with E-state index >= 15 is 0 Å². The van der Waals surface area contributed by atoms with Gasteiger partial charge in [0.15, 0.2) is 0 Å². The molecule has 0 spiro atoms. The van der Waals surface area contributed by atoms with Crippen LogP contribution in [0, 0.1) is 0 Å². The number of phenolic OH excluding ortho intramolecular Hbond substituents is 1. The molecule has 0 fully saturated rings. The number of nitrogens with zero attached hydrogens (tertiary/aromatic N) is 3. The van der Waals surface area contributed by atoms with E-state index in [1.54, 1.807) is 43.5 Å². The molecule has 0 aliphatic heterocycles. The Hall–Kier alpha value is -4.66. The zero-order chi connectivity index (χ0) is 23.2. The highest BCUT2D eigenvalue weighted by Crippen LogP contribution is 2.30. The number of hydrazone groups is 1. The lowest BCUT2D eigenvalue weighted by Gasteiger charge is -2.04. The summed E-state index contributed by atoms with van der Waals surface area (Å²) in [7, 11) is 3.08. The Labute approximate surface area is 189 Å². The molecule has 33 heavy (non-hydrogen) atoms. The number of carbonyl (C=O) groups is 1. The molecule has 166 valence electrons. The first-order chi connectivity index (χ1) is 16.1. The van der Waals surface area contributed by atoms with Gasteiger partial charge in [0, 0.05) is 22.8 Å². The summed E-state index contributed by atoms with van der Waals surface area (Å²) in [6.07, 6.45) is 1.35. The summed E-state index contributed by atoms with van der Waals surface area (Å²) in [6.45, 7) is 0. The number of carbonyl (C=O) groups excluding carboxylic acids is 1. The van der Waals surface area contributed by atoms with Gasteiger partial charge in [-0.25, -0.2) is 5.43 Å². The number of methoxy groups -OCH3 is 2.